The molecule has 1 fully saturated rings. The van der Waals surface area contributed by atoms with Crippen molar-refractivity contribution in [3.63, 3.8) is 0 Å². The van der Waals surface area contributed by atoms with Gasteiger partial charge in [0.15, 0.2) is 6.10 Å². The van der Waals surface area contributed by atoms with Crippen LogP contribution in [0.5, 0.6) is 5.75 Å². The van der Waals surface area contributed by atoms with Crippen molar-refractivity contribution in [2.75, 3.05) is 31.2 Å². The van der Waals surface area contributed by atoms with Gasteiger partial charge in [-0.2, -0.15) is 8.78 Å². The van der Waals surface area contributed by atoms with Crippen LogP contribution in [0.1, 0.15) is 39.0 Å². The fourth-order valence-corrected chi connectivity index (χ4v) is 4.17. The van der Waals surface area contributed by atoms with Crippen LogP contribution >= 0.6 is 0 Å². The van der Waals surface area contributed by atoms with E-state index in [-0.39, 0.29) is 17.1 Å². The number of halogens is 2. The molecule has 0 radical (unpaired) electrons. The van der Waals surface area contributed by atoms with Crippen molar-refractivity contribution in [3.05, 3.63) is 71.2 Å². The second-order valence-corrected chi connectivity index (χ2v) is 8.41. The first-order chi connectivity index (χ1) is 17.2. The quantitative estimate of drug-likeness (QED) is 0.337. The minimum atomic E-state index is -2.90. The van der Waals surface area contributed by atoms with Crippen molar-refractivity contribution in [2.45, 2.75) is 33.5 Å². The van der Waals surface area contributed by atoms with Crippen LogP contribution in [-0.2, 0) is 9.47 Å². The summed E-state index contributed by atoms with van der Waals surface area (Å²) in [7, 11) is 0. The largest absolute Gasteiger partial charge is 0.451 e. The van der Waals surface area contributed by atoms with Crippen LogP contribution in [0, 0.1) is 13.8 Å². The minimum absolute atomic E-state index is 0.0421. The Hall–Kier alpha value is -3.79. The van der Waals surface area contributed by atoms with Crippen LogP contribution in [-0.4, -0.2) is 60.3 Å². The lowest BCUT2D eigenvalue weighted by atomic mass is 10.1. The zero-order valence-corrected chi connectivity index (χ0v) is 20.2. The van der Waals surface area contributed by atoms with E-state index in [0.717, 1.165) is 24.6 Å². The molecule has 4 rings (SSSR count). The molecular formula is C26H27F2N3O5. The lowest BCUT2D eigenvalue weighted by molar-refractivity contribution is -0.0498. The summed E-state index contributed by atoms with van der Waals surface area (Å²) in [4.78, 5) is 32.2. The molecule has 0 spiro atoms. The fraction of sp³-hybridized carbons (Fsp3) is 0.346. The third-order valence-electron chi connectivity index (χ3n) is 5.99. The lowest BCUT2D eigenvalue weighted by Crippen LogP contribution is -2.36. The molecule has 10 heteroatoms. The first-order valence-corrected chi connectivity index (χ1v) is 11.5. The molecule has 8 nitrogen and oxygen atoms in total. The van der Waals surface area contributed by atoms with Crippen LogP contribution < -0.4 is 9.64 Å². The molecule has 3 aromatic rings. The molecule has 1 saturated heterocycles. The third kappa shape index (κ3) is 5.54. The highest BCUT2D eigenvalue weighted by Crippen LogP contribution is 2.25. The Labute approximate surface area is 207 Å². The highest BCUT2D eigenvalue weighted by molar-refractivity contribution is 6.02. The number of pyridine rings is 1. The van der Waals surface area contributed by atoms with E-state index in [9.17, 15) is 18.4 Å². The maximum atomic E-state index is 13.1. The molecule has 36 heavy (non-hydrogen) atoms. The molecule has 0 aliphatic carbocycles. The van der Waals surface area contributed by atoms with Gasteiger partial charge in [-0.05, 0) is 63.2 Å². The number of esters is 1. The number of morpholine rings is 1. The van der Waals surface area contributed by atoms with Gasteiger partial charge in [0.1, 0.15) is 11.6 Å². The van der Waals surface area contributed by atoms with Crippen molar-refractivity contribution in [2.24, 2.45) is 0 Å². The average Bonchev–Trinajstić information content (AvgIpc) is 3.17. The van der Waals surface area contributed by atoms with Crippen LogP contribution in [0.4, 0.5) is 14.6 Å². The van der Waals surface area contributed by atoms with Crippen molar-refractivity contribution >= 4 is 17.6 Å². The first-order valence-electron chi connectivity index (χ1n) is 11.5. The lowest BCUT2D eigenvalue weighted by Gasteiger charge is -2.27. The van der Waals surface area contributed by atoms with E-state index in [2.05, 4.69) is 14.6 Å². The van der Waals surface area contributed by atoms with E-state index in [1.807, 2.05) is 11.5 Å². The Bertz CT molecular complexity index is 1220. The molecule has 0 N–H and O–H groups in total. The number of alkyl halides is 2. The van der Waals surface area contributed by atoms with Gasteiger partial charge in [0, 0.05) is 41.9 Å². The minimum Gasteiger partial charge on any atom is -0.451 e. The molecule has 0 bridgehead atoms. The summed E-state index contributed by atoms with van der Waals surface area (Å²) < 4.78 is 41.8. The van der Waals surface area contributed by atoms with E-state index in [4.69, 9.17) is 9.47 Å². The summed E-state index contributed by atoms with van der Waals surface area (Å²) in [6, 6.07) is 11.2. The van der Waals surface area contributed by atoms with E-state index >= 15 is 0 Å². The van der Waals surface area contributed by atoms with Crippen molar-refractivity contribution in [1.82, 2.24) is 9.55 Å². The molecule has 0 amide bonds. The average molecular weight is 500 g/mol. The van der Waals surface area contributed by atoms with Crippen molar-refractivity contribution < 1.29 is 32.6 Å². The predicted octanol–water partition coefficient (Wildman–Crippen LogP) is 4.36. The number of Topliss-reactive ketones (excluding diaryl/α,β-unsaturated/α-hetero) is 1. The van der Waals surface area contributed by atoms with Crippen molar-refractivity contribution in [1.29, 1.82) is 0 Å². The predicted molar refractivity (Wildman–Crippen MR) is 128 cm³/mol. The number of anilines is 1. The van der Waals surface area contributed by atoms with Gasteiger partial charge in [0.05, 0.1) is 18.8 Å². The number of rotatable bonds is 8. The van der Waals surface area contributed by atoms with Gasteiger partial charge >= 0.3 is 12.6 Å². The molecule has 1 aromatic carbocycles. The van der Waals surface area contributed by atoms with Crippen LogP contribution in [0.3, 0.4) is 0 Å². The molecule has 3 heterocycles. The van der Waals surface area contributed by atoms with Gasteiger partial charge in [0.25, 0.3) is 0 Å². The number of benzene rings is 1. The van der Waals surface area contributed by atoms with Gasteiger partial charge < -0.3 is 23.7 Å². The Morgan fingerprint density at radius 3 is 2.36 bits per heavy atom. The summed E-state index contributed by atoms with van der Waals surface area (Å²) in [6.45, 7) is 4.94. The Kier molecular flexibility index (Phi) is 7.64. The number of aromatic nitrogens is 2. The maximum absolute atomic E-state index is 13.1. The number of nitrogens with zero attached hydrogens (tertiary/aromatic N) is 3. The number of ether oxygens (including phenoxy) is 3. The van der Waals surface area contributed by atoms with Crippen LogP contribution in [0.15, 0.2) is 48.7 Å². The molecule has 0 saturated carbocycles. The van der Waals surface area contributed by atoms with Crippen LogP contribution in [0.2, 0.25) is 0 Å². The second-order valence-electron chi connectivity index (χ2n) is 8.41. The van der Waals surface area contributed by atoms with E-state index < -0.39 is 18.7 Å². The second kappa shape index (κ2) is 10.9. The first kappa shape index (κ1) is 25.3. The Balaban J connectivity index is 1.44. The summed E-state index contributed by atoms with van der Waals surface area (Å²) in [5.74, 6) is -0.195. The molecule has 1 atom stereocenters. The van der Waals surface area contributed by atoms with E-state index in [0.29, 0.717) is 30.2 Å². The van der Waals surface area contributed by atoms with Gasteiger partial charge in [-0.25, -0.2) is 9.78 Å². The zero-order chi connectivity index (χ0) is 25.8. The fourth-order valence-electron chi connectivity index (χ4n) is 4.17. The zero-order valence-electron chi connectivity index (χ0n) is 20.2. The highest BCUT2D eigenvalue weighted by atomic mass is 19.3. The number of aryl methyl sites for hydroxylation is 1. The standard InChI is InChI=1S/C26H27F2N3O5/c1-16-14-22(17(2)31(16)20-5-7-21(8-6-20)36-26(27)28)24(32)18(3)35-25(33)19-4-9-23(29-15-19)30-10-12-34-13-11-30/h4-9,14-15,18,26H,10-13H2,1-3H3/t18-/m0/s1. The topological polar surface area (TPSA) is 82.9 Å². The molecule has 190 valence electrons. The normalized spacial score (nSPS) is 14.6. The Morgan fingerprint density at radius 2 is 1.75 bits per heavy atom. The summed E-state index contributed by atoms with van der Waals surface area (Å²) >= 11 is 0. The van der Waals surface area contributed by atoms with Gasteiger partial charge in [-0.3, -0.25) is 4.79 Å². The number of carbonyl (C=O) groups excluding carboxylic acids is 2. The summed E-state index contributed by atoms with van der Waals surface area (Å²) in [5, 5.41) is 0. The van der Waals surface area contributed by atoms with Crippen molar-refractivity contribution in [3.8, 4) is 11.4 Å². The molecule has 2 aromatic heterocycles. The van der Waals surface area contributed by atoms with Gasteiger partial charge in [0.2, 0.25) is 5.78 Å². The number of hydrogen-bond acceptors (Lipinski definition) is 7. The highest BCUT2D eigenvalue weighted by Gasteiger charge is 2.25. The monoisotopic (exact) mass is 499 g/mol. The van der Waals surface area contributed by atoms with Gasteiger partial charge in [-0.1, -0.05) is 0 Å². The van der Waals surface area contributed by atoms with E-state index in [1.165, 1.54) is 25.3 Å². The number of ketones is 1. The SMILES string of the molecule is Cc1cc(C(=O)[C@H](C)OC(=O)c2ccc(N3CCOCC3)nc2)c(C)n1-c1ccc(OC(F)F)cc1. The molecular weight excluding hydrogens is 472 g/mol. The molecule has 1 aliphatic heterocycles. The van der Waals surface area contributed by atoms with Crippen LogP contribution in [0.25, 0.3) is 5.69 Å². The number of hydrogen-bond donors (Lipinski definition) is 0. The van der Waals surface area contributed by atoms with E-state index in [1.54, 1.807) is 37.3 Å². The smallest absolute Gasteiger partial charge is 0.387 e. The third-order valence-corrected chi connectivity index (χ3v) is 5.99. The number of carbonyl (C=O) groups is 2. The molecule has 0 unspecified atom stereocenters. The maximum Gasteiger partial charge on any atom is 0.387 e. The Morgan fingerprint density at radius 1 is 1.06 bits per heavy atom. The summed E-state index contributed by atoms with van der Waals surface area (Å²) in [5.41, 5.74) is 2.74. The molecule has 1 aliphatic rings. The van der Waals surface area contributed by atoms with Gasteiger partial charge in [-0.15, -0.1) is 0 Å². The summed E-state index contributed by atoms with van der Waals surface area (Å²) in [6.07, 6.45) is 0.421.